The summed E-state index contributed by atoms with van der Waals surface area (Å²) in [5.74, 6) is 0.633. The lowest BCUT2D eigenvalue weighted by Crippen LogP contribution is -1.97. The average molecular weight is 821 g/mol. The van der Waals surface area contributed by atoms with Crippen LogP contribution in [-0.4, -0.2) is 19.1 Å². The molecule has 0 bridgehead atoms. The van der Waals surface area contributed by atoms with Gasteiger partial charge in [-0.3, -0.25) is 0 Å². The second kappa shape index (κ2) is 15.1. The van der Waals surface area contributed by atoms with Crippen LogP contribution in [0.4, 0.5) is 0 Å². The van der Waals surface area contributed by atoms with Crippen molar-refractivity contribution in [3.8, 4) is 45.1 Å². The highest BCUT2D eigenvalue weighted by atomic mass is 16.3. The van der Waals surface area contributed by atoms with E-state index in [2.05, 4.69) is 180 Å². The van der Waals surface area contributed by atoms with E-state index in [1.54, 1.807) is 0 Å². The van der Waals surface area contributed by atoms with Gasteiger partial charge in [-0.2, -0.15) is 0 Å². The van der Waals surface area contributed by atoms with E-state index >= 15 is 0 Å². The minimum absolute atomic E-state index is 0.633. The third kappa shape index (κ3) is 6.09. The predicted molar refractivity (Wildman–Crippen MR) is 267 cm³/mol. The molecule has 8 aromatic carbocycles. The summed E-state index contributed by atoms with van der Waals surface area (Å²) in [6.45, 7) is 6.34. The summed E-state index contributed by atoms with van der Waals surface area (Å²) in [7, 11) is 0. The van der Waals surface area contributed by atoms with Gasteiger partial charge in [-0.25, -0.2) is 9.97 Å². The van der Waals surface area contributed by atoms with Gasteiger partial charge in [0, 0.05) is 60.4 Å². The Morgan fingerprint density at radius 1 is 0.484 bits per heavy atom. The van der Waals surface area contributed by atoms with Crippen molar-refractivity contribution >= 4 is 71.1 Å². The molecule has 0 saturated carbocycles. The van der Waals surface area contributed by atoms with Crippen LogP contribution in [0.15, 0.2) is 223 Å². The molecule has 5 heteroatoms. The van der Waals surface area contributed by atoms with Crippen LogP contribution in [0, 0.1) is 0 Å². The molecule has 4 aromatic heterocycles. The highest BCUT2D eigenvalue weighted by Crippen LogP contribution is 2.42. The number of hydrogen-bond acceptors (Lipinski definition) is 3. The number of para-hydroxylation sites is 4. The van der Waals surface area contributed by atoms with Crippen molar-refractivity contribution in [2.24, 2.45) is 0 Å². The topological polar surface area (TPSA) is 48.8 Å². The van der Waals surface area contributed by atoms with Gasteiger partial charge in [-0.1, -0.05) is 152 Å². The Morgan fingerprint density at radius 2 is 1.11 bits per heavy atom. The van der Waals surface area contributed by atoms with Gasteiger partial charge in [-0.05, 0) is 84.8 Å². The van der Waals surface area contributed by atoms with Gasteiger partial charge < -0.3 is 13.6 Å². The summed E-state index contributed by atoms with van der Waals surface area (Å²) in [6, 6.07) is 66.5. The first-order valence-electron chi connectivity index (χ1n) is 21.6. The van der Waals surface area contributed by atoms with E-state index in [4.69, 9.17) is 14.4 Å². The molecular formula is C59H40N4O. The lowest BCUT2D eigenvalue weighted by molar-refractivity contribution is 0.670. The Balaban J connectivity index is 0.996. The van der Waals surface area contributed by atoms with Crippen molar-refractivity contribution in [2.75, 3.05) is 0 Å². The smallest absolute Gasteiger partial charge is 0.160 e. The second-order valence-electron chi connectivity index (χ2n) is 16.2. The number of aromatic nitrogens is 4. The number of furan rings is 1. The summed E-state index contributed by atoms with van der Waals surface area (Å²) < 4.78 is 11.6. The van der Waals surface area contributed by atoms with Gasteiger partial charge >= 0.3 is 0 Å². The standard InChI is InChI=1S/C59H40N4O/c1-3-4-7-18-38(2)51-37-52(39-19-8-5-9-20-39)61-59(60-51)41-22-16-21-40(33-41)44-27-17-28-47-50-34-43(31-32-57(50)64-58(44)47)63-54-30-15-13-26-46(54)49-35-55-48(36-56(49)63)45-25-12-14-29-53(45)62(55)42-23-10-6-11-24-42/h3-37H,2H2,1H3/b4-3-,18-7-. The van der Waals surface area contributed by atoms with Crippen LogP contribution < -0.4 is 0 Å². The minimum Gasteiger partial charge on any atom is -0.455 e. The first-order valence-corrected chi connectivity index (χ1v) is 21.6. The molecular weight excluding hydrogens is 781 g/mol. The van der Waals surface area contributed by atoms with E-state index in [1.807, 2.05) is 55.5 Å². The molecule has 0 N–H and O–H groups in total. The number of rotatable bonds is 8. The first kappa shape index (κ1) is 37.2. The summed E-state index contributed by atoms with van der Waals surface area (Å²) in [5.41, 5.74) is 15.0. The molecule has 0 fully saturated rings. The van der Waals surface area contributed by atoms with Crippen LogP contribution in [0.2, 0.25) is 0 Å². The van der Waals surface area contributed by atoms with E-state index in [9.17, 15) is 0 Å². The van der Waals surface area contributed by atoms with Crippen molar-refractivity contribution in [1.82, 2.24) is 19.1 Å². The molecule has 0 atom stereocenters. The number of allylic oxidation sites excluding steroid dienone is 5. The summed E-state index contributed by atoms with van der Waals surface area (Å²) >= 11 is 0. The van der Waals surface area contributed by atoms with Gasteiger partial charge in [0.2, 0.25) is 0 Å². The molecule has 0 saturated heterocycles. The molecule has 12 aromatic rings. The van der Waals surface area contributed by atoms with Crippen LogP contribution in [0.5, 0.6) is 0 Å². The molecule has 0 radical (unpaired) electrons. The largest absolute Gasteiger partial charge is 0.455 e. The van der Waals surface area contributed by atoms with Gasteiger partial charge in [0.15, 0.2) is 5.82 Å². The van der Waals surface area contributed by atoms with Crippen molar-refractivity contribution < 1.29 is 4.42 Å². The Morgan fingerprint density at radius 3 is 1.84 bits per heavy atom. The van der Waals surface area contributed by atoms with Crippen LogP contribution in [0.25, 0.3) is 116 Å². The minimum atomic E-state index is 0.633. The molecule has 0 aliphatic rings. The zero-order chi connectivity index (χ0) is 42.7. The van der Waals surface area contributed by atoms with Gasteiger partial charge in [0.1, 0.15) is 11.2 Å². The van der Waals surface area contributed by atoms with E-state index in [0.717, 1.165) is 83.6 Å². The first-order chi connectivity index (χ1) is 31.6. The molecule has 302 valence electrons. The SMILES string of the molecule is C=C(/C=C\C=C/C)c1cc(-c2ccccc2)nc(-c2cccc(-c3cccc4c3oc3ccc(-n5c6ccccc6c6cc7c(cc65)c5ccccc5n7-c5ccccc5)cc34)c2)n1. The van der Waals surface area contributed by atoms with Crippen molar-refractivity contribution in [3.63, 3.8) is 0 Å². The fourth-order valence-corrected chi connectivity index (χ4v) is 9.41. The zero-order valence-electron chi connectivity index (χ0n) is 35.1. The average Bonchev–Trinajstić information content (AvgIpc) is 4.01. The summed E-state index contributed by atoms with van der Waals surface area (Å²) in [4.78, 5) is 10.1. The molecule has 0 unspecified atom stereocenters. The maximum absolute atomic E-state index is 6.79. The second-order valence-corrected chi connectivity index (χ2v) is 16.2. The highest BCUT2D eigenvalue weighted by Gasteiger charge is 2.20. The van der Waals surface area contributed by atoms with Crippen LogP contribution in [0.1, 0.15) is 12.6 Å². The van der Waals surface area contributed by atoms with E-state index < -0.39 is 0 Å². The molecule has 0 amide bonds. The number of fused-ring (bicyclic) bond motifs is 9. The molecule has 64 heavy (non-hydrogen) atoms. The fraction of sp³-hybridized carbons (Fsp3) is 0.0169. The lowest BCUT2D eigenvalue weighted by Gasteiger charge is -2.10. The number of hydrogen-bond donors (Lipinski definition) is 0. The van der Waals surface area contributed by atoms with Crippen LogP contribution >= 0.6 is 0 Å². The van der Waals surface area contributed by atoms with E-state index in [0.29, 0.717) is 5.82 Å². The van der Waals surface area contributed by atoms with E-state index in [-0.39, 0.29) is 0 Å². The lowest BCUT2D eigenvalue weighted by atomic mass is 10.00. The third-order valence-electron chi connectivity index (χ3n) is 12.4. The van der Waals surface area contributed by atoms with E-state index in [1.165, 1.54) is 32.6 Å². The van der Waals surface area contributed by atoms with Crippen LogP contribution in [0.3, 0.4) is 0 Å². The van der Waals surface area contributed by atoms with Crippen molar-refractivity contribution in [3.05, 3.63) is 225 Å². The maximum Gasteiger partial charge on any atom is 0.160 e. The predicted octanol–water partition coefficient (Wildman–Crippen LogP) is 15.7. The highest BCUT2D eigenvalue weighted by molar-refractivity contribution is 6.19. The van der Waals surface area contributed by atoms with Crippen molar-refractivity contribution in [2.45, 2.75) is 6.92 Å². The Bertz CT molecular complexity index is 3860. The molecule has 0 spiro atoms. The van der Waals surface area contributed by atoms with Gasteiger partial charge in [0.25, 0.3) is 0 Å². The Hall–Kier alpha value is -8.54. The monoisotopic (exact) mass is 820 g/mol. The third-order valence-corrected chi connectivity index (χ3v) is 12.4. The Kier molecular flexibility index (Phi) is 8.80. The number of benzene rings is 8. The molecule has 12 rings (SSSR count). The maximum atomic E-state index is 6.79. The normalized spacial score (nSPS) is 12.1. The fourth-order valence-electron chi connectivity index (χ4n) is 9.41. The quantitative estimate of drug-likeness (QED) is 0.143. The molecule has 0 aliphatic heterocycles. The molecule has 5 nitrogen and oxygen atoms in total. The summed E-state index contributed by atoms with van der Waals surface area (Å²) in [6.07, 6.45) is 7.95. The van der Waals surface area contributed by atoms with Crippen LogP contribution in [-0.2, 0) is 0 Å². The van der Waals surface area contributed by atoms with Gasteiger partial charge in [0.05, 0.1) is 33.5 Å². The van der Waals surface area contributed by atoms with Gasteiger partial charge in [-0.15, -0.1) is 0 Å². The zero-order valence-corrected chi connectivity index (χ0v) is 35.1. The molecule has 4 heterocycles. The Labute approximate surface area is 369 Å². The van der Waals surface area contributed by atoms with Crippen molar-refractivity contribution in [1.29, 1.82) is 0 Å². The summed E-state index contributed by atoms with van der Waals surface area (Å²) in [5, 5.41) is 6.99. The number of nitrogens with zero attached hydrogens (tertiary/aromatic N) is 4. The molecule has 0 aliphatic carbocycles.